The van der Waals surface area contributed by atoms with E-state index in [0.717, 1.165) is 82.4 Å². The number of carbonyl (C=O) groups excluding carboxylic acids is 2. The van der Waals surface area contributed by atoms with Crippen molar-refractivity contribution in [2.75, 3.05) is 45.2 Å². The van der Waals surface area contributed by atoms with E-state index in [-0.39, 0.29) is 11.8 Å². The molecule has 0 saturated heterocycles. The van der Waals surface area contributed by atoms with Crippen molar-refractivity contribution < 1.29 is 14.8 Å². The molecule has 0 aliphatic rings. The van der Waals surface area contributed by atoms with Crippen molar-refractivity contribution in [3.63, 3.8) is 0 Å². The lowest BCUT2D eigenvalue weighted by Gasteiger charge is -2.24. The van der Waals surface area contributed by atoms with Gasteiger partial charge in [-0.05, 0) is 69.4 Å². The van der Waals surface area contributed by atoms with Crippen LogP contribution in [0.4, 0.5) is 5.69 Å². The van der Waals surface area contributed by atoms with Gasteiger partial charge >= 0.3 is 0 Å². The lowest BCUT2D eigenvalue weighted by Crippen LogP contribution is -2.33. The predicted octanol–water partition coefficient (Wildman–Crippen LogP) is 2.65. The maximum absolute atomic E-state index is 12.9. The number of hydrogen-bond acceptors (Lipinski definition) is 6. The molecule has 0 saturated carbocycles. The SMILES string of the molecule is CN(C)c1ccc(CN(CCCNCCCCN)C(=O)CCCCCCC(=O)NO)cc1. The summed E-state index contributed by atoms with van der Waals surface area (Å²) < 4.78 is 0. The van der Waals surface area contributed by atoms with Gasteiger partial charge in [-0.2, -0.15) is 0 Å². The molecule has 2 amide bonds. The van der Waals surface area contributed by atoms with E-state index in [1.807, 2.05) is 19.0 Å². The number of nitrogens with two attached hydrogens (primary N) is 1. The third-order valence-corrected chi connectivity index (χ3v) is 5.44. The van der Waals surface area contributed by atoms with Crippen molar-refractivity contribution in [1.29, 1.82) is 0 Å². The molecule has 0 unspecified atom stereocenters. The number of benzene rings is 1. The van der Waals surface area contributed by atoms with E-state index in [1.54, 1.807) is 5.48 Å². The van der Waals surface area contributed by atoms with Crippen molar-refractivity contribution in [2.45, 2.75) is 64.3 Å². The largest absolute Gasteiger partial charge is 0.378 e. The second-order valence-electron chi connectivity index (χ2n) is 8.42. The highest BCUT2D eigenvalue weighted by atomic mass is 16.5. The van der Waals surface area contributed by atoms with Crippen LogP contribution >= 0.6 is 0 Å². The second kappa shape index (κ2) is 17.4. The number of unbranched alkanes of at least 4 members (excludes halogenated alkanes) is 4. The van der Waals surface area contributed by atoms with E-state index < -0.39 is 0 Å². The predicted molar refractivity (Wildman–Crippen MR) is 130 cm³/mol. The molecule has 1 rings (SSSR count). The van der Waals surface area contributed by atoms with Crippen LogP contribution in [-0.2, 0) is 16.1 Å². The van der Waals surface area contributed by atoms with Crippen LogP contribution in [-0.4, -0.2) is 62.2 Å². The molecule has 5 N–H and O–H groups in total. The number of hydrogen-bond donors (Lipinski definition) is 4. The Hall–Kier alpha value is -2.16. The Kier molecular flexibility index (Phi) is 15.2. The Balaban J connectivity index is 2.48. The van der Waals surface area contributed by atoms with E-state index in [9.17, 15) is 9.59 Å². The van der Waals surface area contributed by atoms with E-state index >= 15 is 0 Å². The van der Waals surface area contributed by atoms with Gasteiger partial charge in [0, 0.05) is 45.7 Å². The van der Waals surface area contributed by atoms with Crippen molar-refractivity contribution >= 4 is 17.5 Å². The second-order valence-corrected chi connectivity index (χ2v) is 8.42. The van der Waals surface area contributed by atoms with Gasteiger partial charge in [0.2, 0.25) is 11.8 Å². The molecular formula is C24H43N5O3. The van der Waals surface area contributed by atoms with Gasteiger partial charge in [0.05, 0.1) is 0 Å². The number of nitrogens with zero attached hydrogens (tertiary/aromatic N) is 2. The number of carbonyl (C=O) groups is 2. The summed E-state index contributed by atoms with van der Waals surface area (Å²) in [5, 5.41) is 11.9. The molecule has 1 aromatic rings. The van der Waals surface area contributed by atoms with Crippen molar-refractivity contribution in [3.8, 4) is 0 Å². The Morgan fingerprint density at radius 3 is 2.19 bits per heavy atom. The van der Waals surface area contributed by atoms with Gasteiger partial charge in [-0.1, -0.05) is 25.0 Å². The van der Waals surface area contributed by atoms with Crippen LogP contribution < -0.4 is 21.4 Å². The first-order valence-electron chi connectivity index (χ1n) is 11.9. The van der Waals surface area contributed by atoms with Crippen LogP contribution in [0.25, 0.3) is 0 Å². The maximum Gasteiger partial charge on any atom is 0.243 e. The molecule has 0 spiro atoms. The topological polar surface area (TPSA) is 111 Å². The minimum Gasteiger partial charge on any atom is -0.378 e. The lowest BCUT2D eigenvalue weighted by molar-refractivity contribution is -0.132. The fourth-order valence-electron chi connectivity index (χ4n) is 3.46. The zero-order valence-corrected chi connectivity index (χ0v) is 19.9. The molecular weight excluding hydrogens is 406 g/mol. The number of amides is 2. The van der Waals surface area contributed by atoms with Gasteiger partial charge in [-0.25, -0.2) is 5.48 Å². The fourth-order valence-corrected chi connectivity index (χ4v) is 3.46. The molecule has 0 aromatic heterocycles. The first-order valence-corrected chi connectivity index (χ1v) is 11.9. The summed E-state index contributed by atoms with van der Waals surface area (Å²) in [7, 11) is 4.03. The van der Waals surface area contributed by atoms with Gasteiger partial charge in [0.15, 0.2) is 0 Å². The lowest BCUT2D eigenvalue weighted by atomic mass is 10.1. The average molecular weight is 450 g/mol. The Labute approximate surface area is 193 Å². The first-order chi connectivity index (χ1) is 15.5. The van der Waals surface area contributed by atoms with Crippen molar-refractivity contribution in [3.05, 3.63) is 29.8 Å². The summed E-state index contributed by atoms with van der Waals surface area (Å²) >= 11 is 0. The molecule has 182 valence electrons. The van der Waals surface area contributed by atoms with E-state index in [0.29, 0.717) is 19.4 Å². The van der Waals surface area contributed by atoms with Gasteiger partial charge in [0.1, 0.15) is 0 Å². The summed E-state index contributed by atoms with van der Waals surface area (Å²) in [5.74, 6) is -0.179. The van der Waals surface area contributed by atoms with Crippen LogP contribution in [0.15, 0.2) is 24.3 Å². The summed E-state index contributed by atoms with van der Waals surface area (Å²) in [5.41, 5.74) is 9.45. The zero-order valence-electron chi connectivity index (χ0n) is 19.9. The minimum atomic E-state index is -0.357. The van der Waals surface area contributed by atoms with Gasteiger partial charge in [0.25, 0.3) is 0 Å². The van der Waals surface area contributed by atoms with Crippen LogP contribution in [0.3, 0.4) is 0 Å². The molecule has 32 heavy (non-hydrogen) atoms. The molecule has 1 aromatic carbocycles. The van der Waals surface area contributed by atoms with Crippen molar-refractivity contribution in [2.24, 2.45) is 5.73 Å². The molecule has 0 radical (unpaired) electrons. The van der Waals surface area contributed by atoms with Crippen LogP contribution in [0.1, 0.15) is 63.4 Å². The van der Waals surface area contributed by atoms with E-state index in [4.69, 9.17) is 10.9 Å². The Morgan fingerprint density at radius 2 is 1.56 bits per heavy atom. The van der Waals surface area contributed by atoms with Crippen LogP contribution in [0.2, 0.25) is 0 Å². The normalized spacial score (nSPS) is 10.8. The number of anilines is 1. The third-order valence-electron chi connectivity index (χ3n) is 5.44. The highest BCUT2D eigenvalue weighted by Gasteiger charge is 2.14. The third kappa shape index (κ3) is 12.6. The summed E-state index contributed by atoms with van der Waals surface area (Å²) in [4.78, 5) is 28.0. The molecule has 0 bridgehead atoms. The number of hydroxylamine groups is 1. The van der Waals surface area contributed by atoms with Crippen molar-refractivity contribution in [1.82, 2.24) is 15.7 Å². The number of rotatable bonds is 18. The average Bonchev–Trinajstić information content (AvgIpc) is 2.79. The quantitative estimate of drug-likeness (QED) is 0.156. The molecule has 8 nitrogen and oxygen atoms in total. The molecule has 0 heterocycles. The smallest absolute Gasteiger partial charge is 0.243 e. The van der Waals surface area contributed by atoms with Crippen LogP contribution in [0.5, 0.6) is 0 Å². The zero-order chi connectivity index (χ0) is 23.6. The molecule has 8 heteroatoms. The van der Waals surface area contributed by atoms with E-state index in [1.165, 1.54) is 0 Å². The molecule has 0 aliphatic carbocycles. The Bertz CT molecular complexity index is 637. The number of nitrogens with one attached hydrogen (secondary N) is 2. The van der Waals surface area contributed by atoms with Gasteiger partial charge in [-0.15, -0.1) is 0 Å². The molecule has 0 aliphatic heterocycles. The fraction of sp³-hybridized carbons (Fsp3) is 0.667. The van der Waals surface area contributed by atoms with Gasteiger partial charge in [-0.3, -0.25) is 14.8 Å². The molecule has 0 atom stereocenters. The minimum absolute atomic E-state index is 0.179. The first kappa shape index (κ1) is 27.9. The van der Waals surface area contributed by atoms with E-state index in [2.05, 4.69) is 34.5 Å². The molecule has 0 fully saturated rings. The summed E-state index contributed by atoms with van der Waals surface area (Å²) in [6, 6.07) is 8.35. The highest BCUT2D eigenvalue weighted by Crippen LogP contribution is 2.15. The van der Waals surface area contributed by atoms with Gasteiger partial charge < -0.3 is 20.9 Å². The summed E-state index contributed by atoms with van der Waals surface area (Å²) in [6.07, 6.45) is 7.18. The maximum atomic E-state index is 12.9. The highest BCUT2D eigenvalue weighted by molar-refractivity contribution is 5.76. The Morgan fingerprint density at radius 1 is 0.906 bits per heavy atom. The standard InChI is InChI=1S/C24H43N5O3/c1-28(2)22-14-12-21(13-15-22)20-29(19-9-18-26-17-8-7-16-25)24(31)11-6-4-3-5-10-23(30)27-32/h12-15,26,32H,3-11,16-20,25H2,1-2H3,(H,27,30). The van der Waals surface area contributed by atoms with Crippen LogP contribution in [0, 0.1) is 0 Å². The monoisotopic (exact) mass is 449 g/mol. The summed E-state index contributed by atoms with van der Waals surface area (Å²) in [6.45, 7) is 3.93.